The van der Waals surface area contributed by atoms with E-state index in [0.717, 1.165) is 24.3 Å². The number of aryl methyl sites for hydroxylation is 1. The van der Waals surface area contributed by atoms with Crippen LogP contribution in [0.15, 0.2) is 12.4 Å². The van der Waals surface area contributed by atoms with Crippen LogP contribution in [0.1, 0.15) is 32.6 Å². The van der Waals surface area contributed by atoms with Crippen LogP contribution in [0, 0.1) is 11.8 Å². The van der Waals surface area contributed by atoms with Gasteiger partial charge in [-0.25, -0.2) is 4.98 Å². The van der Waals surface area contributed by atoms with Crippen LogP contribution in [0.4, 0.5) is 5.95 Å². The quantitative estimate of drug-likeness (QED) is 0.821. The highest BCUT2D eigenvalue weighted by atomic mass is 15.2. The first kappa shape index (κ1) is 9.25. The van der Waals surface area contributed by atoms with Gasteiger partial charge in [0.25, 0.3) is 0 Å². The number of fused-ring (bicyclic) bond motifs is 2. The summed E-state index contributed by atoms with van der Waals surface area (Å²) in [4.78, 5) is 4.39. The third kappa shape index (κ3) is 1.54. The highest BCUT2D eigenvalue weighted by molar-refractivity contribution is 5.29. The molecule has 3 unspecified atom stereocenters. The predicted molar refractivity (Wildman–Crippen MR) is 60.8 cm³/mol. The lowest BCUT2D eigenvalue weighted by Gasteiger charge is -2.23. The smallest absolute Gasteiger partial charge is 0.202 e. The molecule has 1 aromatic rings. The van der Waals surface area contributed by atoms with E-state index in [2.05, 4.69) is 28.0 Å². The molecule has 3 atom stereocenters. The molecule has 82 valence electrons. The monoisotopic (exact) mass is 205 g/mol. The first-order chi connectivity index (χ1) is 7.36. The van der Waals surface area contributed by atoms with Gasteiger partial charge >= 0.3 is 0 Å². The SMILES string of the molecule is CCn1ccnc1NC1CC2CCC1C2. The molecule has 15 heavy (non-hydrogen) atoms. The Hall–Kier alpha value is -0.990. The Bertz CT molecular complexity index is 344. The highest BCUT2D eigenvalue weighted by Gasteiger charge is 2.39. The molecule has 0 aliphatic heterocycles. The Labute approximate surface area is 90.9 Å². The topological polar surface area (TPSA) is 29.9 Å². The molecule has 3 rings (SSSR count). The lowest BCUT2D eigenvalue weighted by atomic mass is 9.95. The molecule has 2 aliphatic carbocycles. The molecule has 0 saturated heterocycles. The standard InChI is InChI=1S/C12H19N3/c1-2-15-6-5-13-12(15)14-11-8-9-3-4-10(11)7-9/h5-6,9-11H,2-4,7-8H2,1H3,(H,13,14). The van der Waals surface area contributed by atoms with Crippen molar-refractivity contribution < 1.29 is 0 Å². The molecule has 1 heterocycles. The number of hydrogen-bond donors (Lipinski definition) is 1. The van der Waals surface area contributed by atoms with E-state index >= 15 is 0 Å². The molecular weight excluding hydrogens is 186 g/mol. The average Bonchev–Trinajstić information content (AvgIpc) is 2.92. The van der Waals surface area contributed by atoms with Crippen molar-refractivity contribution in [3.63, 3.8) is 0 Å². The van der Waals surface area contributed by atoms with Crippen molar-refractivity contribution in [3.05, 3.63) is 12.4 Å². The van der Waals surface area contributed by atoms with Gasteiger partial charge in [-0.05, 0) is 38.0 Å². The molecule has 1 aromatic heterocycles. The summed E-state index contributed by atoms with van der Waals surface area (Å²) in [7, 11) is 0. The maximum absolute atomic E-state index is 4.39. The van der Waals surface area contributed by atoms with Crippen LogP contribution in [-0.2, 0) is 6.54 Å². The normalized spacial score (nSPS) is 33.5. The fraction of sp³-hybridized carbons (Fsp3) is 0.750. The van der Waals surface area contributed by atoms with Gasteiger partial charge in [-0.1, -0.05) is 6.42 Å². The summed E-state index contributed by atoms with van der Waals surface area (Å²) in [5.41, 5.74) is 0. The minimum atomic E-state index is 0.691. The first-order valence-electron chi connectivity index (χ1n) is 6.14. The maximum atomic E-state index is 4.39. The van der Waals surface area contributed by atoms with E-state index in [1.54, 1.807) is 0 Å². The molecule has 2 aliphatic rings. The lowest BCUT2D eigenvalue weighted by molar-refractivity contribution is 0.436. The van der Waals surface area contributed by atoms with Crippen molar-refractivity contribution >= 4 is 5.95 Å². The minimum absolute atomic E-state index is 0.691. The van der Waals surface area contributed by atoms with Crippen molar-refractivity contribution in [3.8, 4) is 0 Å². The second kappa shape index (κ2) is 3.54. The van der Waals surface area contributed by atoms with Crippen LogP contribution in [0.5, 0.6) is 0 Å². The molecule has 0 radical (unpaired) electrons. The summed E-state index contributed by atoms with van der Waals surface area (Å²) in [6.45, 7) is 3.16. The fourth-order valence-corrected chi connectivity index (χ4v) is 3.29. The van der Waals surface area contributed by atoms with Gasteiger partial charge in [-0.15, -0.1) is 0 Å². The highest BCUT2D eigenvalue weighted by Crippen LogP contribution is 2.45. The second-order valence-electron chi connectivity index (χ2n) is 4.96. The summed E-state index contributed by atoms with van der Waals surface area (Å²) < 4.78 is 2.19. The van der Waals surface area contributed by atoms with Crippen molar-refractivity contribution in [2.24, 2.45) is 11.8 Å². The van der Waals surface area contributed by atoms with Gasteiger partial charge in [0, 0.05) is 25.0 Å². The van der Waals surface area contributed by atoms with E-state index in [0.29, 0.717) is 6.04 Å². The number of rotatable bonds is 3. The van der Waals surface area contributed by atoms with Crippen LogP contribution in [0.25, 0.3) is 0 Å². The third-order valence-electron chi connectivity index (χ3n) is 4.11. The molecule has 1 N–H and O–H groups in total. The van der Waals surface area contributed by atoms with Gasteiger partial charge in [0.15, 0.2) is 0 Å². The summed E-state index contributed by atoms with van der Waals surface area (Å²) in [5, 5.41) is 3.62. The maximum Gasteiger partial charge on any atom is 0.202 e. The summed E-state index contributed by atoms with van der Waals surface area (Å²) in [5.74, 6) is 2.98. The zero-order valence-corrected chi connectivity index (χ0v) is 9.32. The van der Waals surface area contributed by atoms with Gasteiger partial charge in [-0.3, -0.25) is 0 Å². The van der Waals surface area contributed by atoms with E-state index in [9.17, 15) is 0 Å². The van der Waals surface area contributed by atoms with E-state index in [1.807, 2.05) is 6.20 Å². The van der Waals surface area contributed by atoms with Gasteiger partial charge in [-0.2, -0.15) is 0 Å². The van der Waals surface area contributed by atoms with Crippen molar-refractivity contribution in [2.75, 3.05) is 5.32 Å². The fourth-order valence-electron chi connectivity index (χ4n) is 3.29. The Kier molecular flexibility index (Phi) is 2.19. The van der Waals surface area contributed by atoms with Gasteiger partial charge in [0.2, 0.25) is 5.95 Å². The molecule has 0 amide bonds. The molecule has 3 nitrogen and oxygen atoms in total. The predicted octanol–water partition coefficient (Wildman–Crippen LogP) is 2.50. The largest absolute Gasteiger partial charge is 0.353 e. The van der Waals surface area contributed by atoms with Crippen LogP contribution in [0.3, 0.4) is 0 Å². The number of nitrogens with zero attached hydrogens (tertiary/aromatic N) is 2. The number of aromatic nitrogens is 2. The van der Waals surface area contributed by atoms with Crippen LogP contribution in [0.2, 0.25) is 0 Å². The number of anilines is 1. The molecule has 2 fully saturated rings. The molecule has 2 bridgehead atoms. The van der Waals surface area contributed by atoms with E-state index < -0.39 is 0 Å². The minimum Gasteiger partial charge on any atom is -0.353 e. The lowest BCUT2D eigenvalue weighted by Crippen LogP contribution is -2.27. The van der Waals surface area contributed by atoms with E-state index in [1.165, 1.54) is 25.7 Å². The van der Waals surface area contributed by atoms with Gasteiger partial charge in [0.05, 0.1) is 0 Å². The van der Waals surface area contributed by atoms with Crippen molar-refractivity contribution in [2.45, 2.75) is 45.2 Å². The summed E-state index contributed by atoms with van der Waals surface area (Å²) in [6.07, 6.45) is 9.64. The number of imidazole rings is 1. The van der Waals surface area contributed by atoms with E-state index in [-0.39, 0.29) is 0 Å². The Balaban J connectivity index is 1.70. The van der Waals surface area contributed by atoms with Gasteiger partial charge < -0.3 is 9.88 Å². The van der Waals surface area contributed by atoms with Crippen LogP contribution >= 0.6 is 0 Å². The van der Waals surface area contributed by atoms with Crippen molar-refractivity contribution in [1.82, 2.24) is 9.55 Å². The second-order valence-corrected chi connectivity index (χ2v) is 4.96. The number of nitrogens with one attached hydrogen (secondary N) is 1. The Morgan fingerprint density at radius 3 is 3.07 bits per heavy atom. The molecule has 3 heteroatoms. The Morgan fingerprint density at radius 2 is 2.40 bits per heavy atom. The van der Waals surface area contributed by atoms with E-state index in [4.69, 9.17) is 0 Å². The third-order valence-corrected chi connectivity index (χ3v) is 4.11. The summed E-state index contributed by atoms with van der Waals surface area (Å²) in [6, 6.07) is 0.691. The van der Waals surface area contributed by atoms with Crippen molar-refractivity contribution in [1.29, 1.82) is 0 Å². The first-order valence-corrected chi connectivity index (χ1v) is 6.14. The average molecular weight is 205 g/mol. The Morgan fingerprint density at radius 1 is 1.47 bits per heavy atom. The molecule has 2 saturated carbocycles. The van der Waals surface area contributed by atoms with Crippen LogP contribution in [-0.4, -0.2) is 15.6 Å². The zero-order chi connectivity index (χ0) is 10.3. The van der Waals surface area contributed by atoms with Gasteiger partial charge in [0.1, 0.15) is 0 Å². The van der Waals surface area contributed by atoms with Crippen LogP contribution < -0.4 is 5.32 Å². The summed E-state index contributed by atoms with van der Waals surface area (Å²) >= 11 is 0. The molecule has 0 aromatic carbocycles. The number of hydrogen-bond acceptors (Lipinski definition) is 2. The molecule has 0 spiro atoms. The molecular formula is C12H19N3. The zero-order valence-electron chi connectivity index (χ0n) is 9.32.